The zero-order chi connectivity index (χ0) is 16.9. The topological polar surface area (TPSA) is 42.0 Å². The molecule has 1 aromatic heterocycles. The lowest BCUT2D eigenvalue weighted by Gasteiger charge is -2.03. The Hall–Kier alpha value is -2.24. The molecule has 0 saturated carbocycles. The minimum absolute atomic E-state index is 0.165. The molecule has 0 fully saturated rings. The van der Waals surface area contributed by atoms with Crippen LogP contribution in [0.4, 0.5) is 4.39 Å². The monoisotopic (exact) mass is 360 g/mol. The van der Waals surface area contributed by atoms with Crippen LogP contribution in [0.15, 0.2) is 54.7 Å². The van der Waals surface area contributed by atoms with E-state index in [-0.39, 0.29) is 11.7 Å². The van der Waals surface area contributed by atoms with E-state index in [0.717, 1.165) is 15.4 Å². The molecule has 2 aromatic carbocycles. The lowest BCUT2D eigenvalue weighted by Crippen LogP contribution is -2.22. The number of carbonyl (C=O) groups is 1. The average Bonchev–Trinajstić information content (AvgIpc) is 3.03. The van der Waals surface area contributed by atoms with E-state index in [1.807, 2.05) is 0 Å². The largest absolute Gasteiger partial charge is 0.346 e. The van der Waals surface area contributed by atoms with Crippen LogP contribution in [0.2, 0.25) is 5.02 Å². The first-order valence-electron chi connectivity index (χ1n) is 7.32. The van der Waals surface area contributed by atoms with E-state index in [1.165, 1.54) is 23.5 Å². The van der Waals surface area contributed by atoms with Crippen molar-refractivity contribution >= 4 is 28.8 Å². The van der Waals surface area contributed by atoms with Crippen molar-refractivity contribution in [1.29, 1.82) is 0 Å². The number of halogens is 2. The summed E-state index contributed by atoms with van der Waals surface area (Å²) in [7, 11) is 0. The first kappa shape index (κ1) is 16.6. The fourth-order valence-electron chi connectivity index (χ4n) is 2.17. The van der Waals surface area contributed by atoms with Crippen molar-refractivity contribution in [3.63, 3.8) is 0 Å². The van der Waals surface area contributed by atoms with Crippen LogP contribution in [0.25, 0.3) is 0 Å². The maximum Gasteiger partial charge on any atom is 0.251 e. The van der Waals surface area contributed by atoms with Crippen molar-refractivity contribution in [2.75, 3.05) is 0 Å². The molecule has 0 aliphatic carbocycles. The number of aromatic nitrogens is 1. The van der Waals surface area contributed by atoms with Crippen LogP contribution >= 0.6 is 22.9 Å². The van der Waals surface area contributed by atoms with Gasteiger partial charge in [-0.3, -0.25) is 4.79 Å². The lowest BCUT2D eigenvalue weighted by molar-refractivity contribution is 0.0951. The number of carbonyl (C=O) groups excluding carboxylic acids is 1. The molecule has 3 aromatic rings. The molecule has 1 amide bonds. The third kappa shape index (κ3) is 4.40. The van der Waals surface area contributed by atoms with E-state index in [9.17, 15) is 9.18 Å². The van der Waals surface area contributed by atoms with Crippen molar-refractivity contribution in [2.24, 2.45) is 0 Å². The molecule has 0 aliphatic rings. The standard InChI is InChI=1S/C18H14ClFN2OS/c19-14-5-3-13(4-6-14)18(23)22-11-17-21-10-16(24-17)9-12-1-7-15(20)8-2-12/h1-8,10H,9,11H2,(H,22,23). The molecule has 0 bridgehead atoms. The lowest BCUT2D eigenvalue weighted by atomic mass is 10.1. The zero-order valence-corrected chi connectivity index (χ0v) is 14.2. The van der Waals surface area contributed by atoms with E-state index in [4.69, 9.17) is 11.6 Å². The molecular formula is C18H14ClFN2OS. The van der Waals surface area contributed by atoms with Crippen molar-refractivity contribution in [3.05, 3.63) is 86.6 Å². The second-order valence-corrected chi connectivity index (χ2v) is 6.85. The summed E-state index contributed by atoms with van der Waals surface area (Å²) in [4.78, 5) is 17.4. The quantitative estimate of drug-likeness (QED) is 0.730. The summed E-state index contributed by atoms with van der Waals surface area (Å²) in [6.07, 6.45) is 2.49. The Labute approximate surface area is 148 Å². The Morgan fingerprint density at radius 2 is 1.83 bits per heavy atom. The third-order valence-electron chi connectivity index (χ3n) is 3.40. The second-order valence-electron chi connectivity index (χ2n) is 5.21. The first-order valence-corrected chi connectivity index (χ1v) is 8.51. The molecule has 0 spiro atoms. The van der Waals surface area contributed by atoms with E-state index in [0.29, 0.717) is 23.6 Å². The van der Waals surface area contributed by atoms with Crippen molar-refractivity contribution in [1.82, 2.24) is 10.3 Å². The summed E-state index contributed by atoms with van der Waals surface area (Å²) in [5, 5.41) is 4.26. The molecule has 1 N–H and O–H groups in total. The zero-order valence-electron chi connectivity index (χ0n) is 12.6. The van der Waals surface area contributed by atoms with E-state index in [2.05, 4.69) is 10.3 Å². The summed E-state index contributed by atoms with van der Waals surface area (Å²) in [6.45, 7) is 0.371. The molecule has 3 rings (SSSR count). The molecule has 0 radical (unpaired) electrons. The van der Waals surface area contributed by atoms with Gasteiger partial charge in [-0.1, -0.05) is 23.7 Å². The maximum atomic E-state index is 12.9. The molecule has 0 saturated heterocycles. The number of rotatable bonds is 5. The van der Waals surface area contributed by atoms with Gasteiger partial charge in [-0.25, -0.2) is 9.37 Å². The maximum absolute atomic E-state index is 12.9. The summed E-state index contributed by atoms with van der Waals surface area (Å²) in [6, 6.07) is 13.1. The second kappa shape index (κ2) is 7.55. The SMILES string of the molecule is O=C(NCc1ncc(Cc2ccc(F)cc2)s1)c1ccc(Cl)cc1. The molecule has 0 unspecified atom stereocenters. The Morgan fingerprint density at radius 3 is 2.54 bits per heavy atom. The van der Waals surface area contributed by atoms with Crippen molar-refractivity contribution < 1.29 is 9.18 Å². The summed E-state index contributed by atoms with van der Waals surface area (Å²) in [5.74, 6) is -0.407. The highest BCUT2D eigenvalue weighted by molar-refractivity contribution is 7.11. The minimum atomic E-state index is -0.242. The number of amides is 1. The van der Waals surface area contributed by atoms with E-state index >= 15 is 0 Å². The van der Waals surface area contributed by atoms with Gasteiger partial charge >= 0.3 is 0 Å². The van der Waals surface area contributed by atoms with Crippen LogP contribution in [-0.4, -0.2) is 10.9 Å². The molecule has 0 aliphatic heterocycles. The number of benzene rings is 2. The Morgan fingerprint density at radius 1 is 1.12 bits per heavy atom. The predicted molar refractivity (Wildman–Crippen MR) is 93.9 cm³/mol. The van der Waals surface area contributed by atoms with Crippen molar-refractivity contribution in [3.8, 4) is 0 Å². The highest BCUT2D eigenvalue weighted by atomic mass is 35.5. The Kier molecular flexibility index (Phi) is 5.23. The number of nitrogens with one attached hydrogen (secondary N) is 1. The summed E-state index contributed by atoms with van der Waals surface area (Å²) >= 11 is 7.34. The summed E-state index contributed by atoms with van der Waals surface area (Å²) in [5.41, 5.74) is 1.58. The number of nitrogens with zero attached hydrogens (tertiary/aromatic N) is 1. The van der Waals surface area contributed by atoms with Gasteiger partial charge in [-0.05, 0) is 42.0 Å². The highest BCUT2D eigenvalue weighted by Crippen LogP contribution is 2.18. The van der Waals surface area contributed by atoms with Gasteiger partial charge in [-0.2, -0.15) is 0 Å². The molecule has 6 heteroatoms. The van der Waals surface area contributed by atoms with Gasteiger partial charge in [0.1, 0.15) is 10.8 Å². The van der Waals surface area contributed by atoms with Gasteiger partial charge in [0.25, 0.3) is 5.91 Å². The third-order valence-corrected chi connectivity index (χ3v) is 4.65. The van der Waals surface area contributed by atoms with Gasteiger partial charge in [0.15, 0.2) is 0 Å². The Balaban J connectivity index is 1.56. The van der Waals surface area contributed by atoms with E-state index in [1.54, 1.807) is 42.6 Å². The fraction of sp³-hybridized carbons (Fsp3) is 0.111. The van der Waals surface area contributed by atoms with Gasteiger partial charge < -0.3 is 5.32 Å². The van der Waals surface area contributed by atoms with Gasteiger partial charge in [0.05, 0.1) is 6.54 Å². The van der Waals surface area contributed by atoms with Crippen LogP contribution < -0.4 is 5.32 Å². The van der Waals surface area contributed by atoms with Gasteiger partial charge in [0.2, 0.25) is 0 Å². The Bertz CT molecular complexity index is 831. The molecule has 1 heterocycles. The smallest absolute Gasteiger partial charge is 0.251 e. The number of thiazole rings is 1. The van der Waals surface area contributed by atoms with Gasteiger partial charge in [-0.15, -0.1) is 11.3 Å². The van der Waals surface area contributed by atoms with Crippen LogP contribution in [0, 0.1) is 5.82 Å². The molecule has 0 atom stereocenters. The van der Waals surface area contributed by atoms with E-state index < -0.39 is 0 Å². The molecule has 3 nitrogen and oxygen atoms in total. The predicted octanol–water partition coefficient (Wildman–Crippen LogP) is 4.46. The first-order chi connectivity index (χ1) is 11.6. The van der Waals surface area contributed by atoms with Crippen molar-refractivity contribution in [2.45, 2.75) is 13.0 Å². The molecule has 24 heavy (non-hydrogen) atoms. The average molecular weight is 361 g/mol. The van der Waals surface area contributed by atoms with Crippen LogP contribution in [-0.2, 0) is 13.0 Å². The molecular weight excluding hydrogens is 347 g/mol. The fourth-order valence-corrected chi connectivity index (χ4v) is 3.20. The normalized spacial score (nSPS) is 10.6. The van der Waals surface area contributed by atoms with Crippen LogP contribution in [0.5, 0.6) is 0 Å². The number of hydrogen-bond acceptors (Lipinski definition) is 3. The highest BCUT2D eigenvalue weighted by Gasteiger charge is 2.08. The van der Waals surface area contributed by atoms with Gasteiger partial charge in [0, 0.05) is 28.1 Å². The summed E-state index contributed by atoms with van der Waals surface area (Å²) < 4.78 is 12.9. The molecule has 122 valence electrons. The van der Waals surface area contributed by atoms with Crippen LogP contribution in [0.1, 0.15) is 25.8 Å². The number of hydrogen-bond donors (Lipinski definition) is 1. The van der Waals surface area contributed by atoms with Crippen LogP contribution in [0.3, 0.4) is 0 Å². The minimum Gasteiger partial charge on any atom is -0.346 e.